The molecular weight excluding hydrogens is 258 g/mol. The van der Waals surface area contributed by atoms with Crippen molar-refractivity contribution < 1.29 is 0 Å². The summed E-state index contributed by atoms with van der Waals surface area (Å²) < 4.78 is 0. The zero-order chi connectivity index (χ0) is 14.7. The van der Waals surface area contributed by atoms with Crippen LogP contribution in [0.5, 0.6) is 0 Å². The van der Waals surface area contributed by atoms with Crippen molar-refractivity contribution in [3.05, 3.63) is 41.5 Å². The minimum Gasteiger partial charge on any atom is -0.369 e. The smallest absolute Gasteiger partial charge is 0.0991 e. The molecule has 0 amide bonds. The van der Waals surface area contributed by atoms with Crippen LogP contribution in [-0.2, 0) is 0 Å². The number of nitriles is 1. The first-order valence-corrected chi connectivity index (χ1v) is 7.46. The zero-order valence-corrected chi connectivity index (χ0v) is 12.1. The number of terminal acetylenes is 1. The molecule has 0 aromatic heterocycles. The number of anilines is 1. The quantitative estimate of drug-likeness (QED) is 0.778. The highest BCUT2D eigenvalue weighted by Crippen LogP contribution is 2.24. The van der Waals surface area contributed by atoms with E-state index in [9.17, 15) is 0 Å². The molecule has 1 aromatic carbocycles. The minimum atomic E-state index is 0.527. The van der Waals surface area contributed by atoms with Crippen molar-refractivity contribution in [1.82, 2.24) is 4.90 Å². The molecule has 1 aromatic rings. The summed E-state index contributed by atoms with van der Waals surface area (Å²) in [5, 5.41) is 8.85. The number of allylic oxidation sites excluding steroid dienone is 1. The van der Waals surface area contributed by atoms with Gasteiger partial charge in [0, 0.05) is 37.9 Å². The summed E-state index contributed by atoms with van der Waals surface area (Å²) in [7, 11) is 0. The molecule has 3 nitrogen and oxygen atoms in total. The van der Waals surface area contributed by atoms with Gasteiger partial charge in [-0.05, 0) is 42.7 Å². The van der Waals surface area contributed by atoms with Gasteiger partial charge in [-0.1, -0.05) is 12.0 Å². The first kappa shape index (κ1) is 13.7. The van der Waals surface area contributed by atoms with Crippen molar-refractivity contribution in [3.8, 4) is 18.4 Å². The Hall–Kier alpha value is -2.23. The lowest BCUT2D eigenvalue weighted by molar-refractivity contribution is 0.214. The van der Waals surface area contributed by atoms with Gasteiger partial charge in [0.25, 0.3) is 0 Å². The molecule has 3 rings (SSSR count). The number of hydrogen-bond donors (Lipinski definition) is 0. The zero-order valence-electron chi connectivity index (χ0n) is 12.1. The van der Waals surface area contributed by atoms with E-state index in [1.54, 1.807) is 0 Å². The Morgan fingerprint density at radius 1 is 1.10 bits per heavy atom. The largest absolute Gasteiger partial charge is 0.369 e. The fourth-order valence-corrected chi connectivity index (χ4v) is 3.17. The lowest BCUT2D eigenvalue weighted by atomic mass is 10.1. The van der Waals surface area contributed by atoms with Gasteiger partial charge in [-0.3, -0.25) is 4.90 Å². The maximum absolute atomic E-state index is 8.85. The Balaban J connectivity index is 1.59. The second-order valence-electron chi connectivity index (χ2n) is 5.62. The van der Waals surface area contributed by atoms with Crippen LogP contribution in [0.3, 0.4) is 0 Å². The van der Waals surface area contributed by atoms with E-state index in [1.165, 1.54) is 5.69 Å². The van der Waals surface area contributed by atoms with Crippen LogP contribution in [0, 0.1) is 23.7 Å². The summed E-state index contributed by atoms with van der Waals surface area (Å²) in [4.78, 5) is 4.92. The molecule has 1 fully saturated rings. The van der Waals surface area contributed by atoms with Gasteiger partial charge in [0.2, 0.25) is 0 Å². The van der Waals surface area contributed by atoms with E-state index < -0.39 is 0 Å². The third-order valence-electron chi connectivity index (χ3n) is 4.43. The number of nitrogens with zero attached hydrogens (tertiary/aromatic N) is 3. The molecule has 21 heavy (non-hydrogen) atoms. The maximum atomic E-state index is 8.85. The molecule has 0 radical (unpaired) electrons. The summed E-state index contributed by atoms with van der Waals surface area (Å²) >= 11 is 0. The molecule has 1 saturated heterocycles. The molecule has 0 N–H and O–H groups in total. The molecule has 3 heteroatoms. The van der Waals surface area contributed by atoms with Crippen LogP contribution in [0.1, 0.15) is 18.4 Å². The Bertz CT molecular complexity index is 607. The summed E-state index contributed by atoms with van der Waals surface area (Å²) in [6.07, 6.45) is 9.96. The number of hydrogen-bond acceptors (Lipinski definition) is 3. The highest BCUT2D eigenvalue weighted by Gasteiger charge is 2.25. The summed E-state index contributed by atoms with van der Waals surface area (Å²) in [5.41, 5.74) is 3.09. The Morgan fingerprint density at radius 3 is 2.38 bits per heavy atom. The van der Waals surface area contributed by atoms with Crippen molar-refractivity contribution in [2.24, 2.45) is 0 Å². The predicted molar refractivity (Wildman–Crippen MR) is 84.9 cm³/mol. The van der Waals surface area contributed by atoms with Crippen LogP contribution >= 0.6 is 0 Å². The van der Waals surface area contributed by atoms with Crippen molar-refractivity contribution in [2.75, 3.05) is 31.1 Å². The molecular formula is C18H19N3. The molecule has 0 unspecified atom stereocenters. The Morgan fingerprint density at radius 2 is 1.81 bits per heavy atom. The minimum absolute atomic E-state index is 0.527. The second-order valence-corrected chi connectivity index (χ2v) is 5.62. The van der Waals surface area contributed by atoms with Gasteiger partial charge in [0.05, 0.1) is 11.6 Å². The van der Waals surface area contributed by atoms with Crippen molar-refractivity contribution in [1.29, 1.82) is 5.26 Å². The van der Waals surface area contributed by atoms with E-state index in [-0.39, 0.29) is 0 Å². The lowest BCUT2D eigenvalue weighted by Gasteiger charge is -2.38. The highest BCUT2D eigenvalue weighted by molar-refractivity contribution is 5.50. The SMILES string of the molecule is C#CC1=C[C@H](N2CCN(c3ccc(C#N)cc3)CC2)CC1. The second kappa shape index (κ2) is 6.04. The Labute approximate surface area is 126 Å². The molecule has 0 spiro atoms. The van der Waals surface area contributed by atoms with Gasteiger partial charge in [-0.15, -0.1) is 6.42 Å². The summed E-state index contributed by atoms with van der Waals surface area (Å²) in [6, 6.07) is 10.6. The van der Waals surface area contributed by atoms with E-state index in [4.69, 9.17) is 11.7 Å². The number of benzene rings is 1. The normalized spacial score (nSPS) is 22.5. The van der Waals surface area contributed by atoms with Crippen LogP contribution in [-0.4, -0.2) is 37.1 Å². The van der Waals surface area contributed by atoms with E-state index in [0.717, 1.165) is 50.2 Å². The first-order valence-electron chi connectivity index (χ1n) is 7.46. The van der Waals surface area contributed by atoms with Gasteiger partial charge in [0.15, 0.2) is 0 Å². The average molecular weight is 277 g/mol. The first-order chi connectivity index (χ1) is 10.3. The van der Waals surface area contributed by atoms with Crippen molar-refractivity contribution >= 4 is 5.69 Å². The predicted octanol–water partition coefficient (Wildman–Crippen LogP) is 2.40. The van der Waals surface area contributed by atoms with Gasteiger partial charge < -0.3 is 4.90 Å². The standard InChI is InChI=1S/C18H19N3/c1-2-15-3-8-18(13-15)21-11-9-20(10-12-21)17-6-4-16(14-19)5-7-17/h1,4-7,13,18H,3,8-12H2/t18-/m1/s1. The summed E-state index contributed by atoms with van der Waals surface area (Å²) in [6.45, 7) is 4.20. The molecule has 1 atom stereocenters. The van der Waals surface area contributed by atoms with Crippen molar-refractivity contribution in [2.45, 2.75) is 18.9 Å². The van der Waals surface area contributed by atoms with Crippen LogP contribution in [0.4, 0.5) is 5.69 Å². The van der Waals surface area contributed by atoms with Crippen LogP contribution in [0.15, 0.2) is 35.9 Å². The maximum Gasteiger partial charge on any atom is 0.0991 e. The molecule has 1 heterocycles. The van der Waals surface area contributed by atoms with E-state index in [2.05, 4.69) is 27.9 Å². The number of rotatable bonds is 2. The highest BCUT2D eigenvalue weighted by atomic mass is 15.3. The summed E-state index contributed by atoms with van der Waals surface area (Å²) in [5.74, 6) is 2.78. The van der Waals surface area contributed by atoms with Gasteiger partial charge in [-0.25, -0.2) is 0 Å². The van der Waals surface area contributed by atoms with Crippen molar-refractivity contribution in [3.63, 3.8) is 0 Å². The Kier molecular flexibility index (Phi) is 3.95. The van der Waals surface area contributed by atoms with E-state index in [0.29, 0.717) is 6.04 Å². The van der Waals surface area contributed by atoms with E-state index in [1.807, 2.05) is 24.3 Å². The number of piperazine rings is 1. The third kappa shape index (κ3) is 2.94. The molecule has 0 bridgehead atoms. The van der Waals surface area contributed by atoms with Crippen LogP contribution in [0.25, 0.3) is 0 Å². The fraction of sp³-hybridized carbons (Fsp3) is 0.389. The van der Waals surface area contributed by atoms with Gasteiger partial charge in [0.1, 0.15) is 0 Å². The van der Waals surface area contributed by atoms with Gasteiger partial charge >= 0.3 is 0 Å². The third-order valence-corrected chi connectivity index (χ3v) is 4.43. The van der Waals surface area contributed by atoms with Gasteiger partial charge in [-0.2, -0.15) is 5.26 Å². The molecule has 2 aliphatic rings. The van der Waals surface area contributed by atoms with E-state index >= 15 is 0 Å². The molecule has 1 aliphatic heterocycles. The molecule has 106 valence electrons. The van der Waals surface area contributed by atoms with Crippen LogP contribution in [0.2, 0.25) is 0 Å². The fourth-order valence-electron chi connectivity index (χ4n) is 3.17. The lowest BCUT2D eigenvalue weighted by Crippen LogP contribution is -2.49. The molecule has 0 saturated carbocycles. The average Bonchev–Trinajstić information content (AvgIpc) is 3.04. The monoisotopic (exact) mass is 277 g/mol. The van der Waals surface area contributed by atoms with Crippen LogP contribution < -0.4 is 4.90 Å². The topological polar surface area (TPSA) is 30.3 Å². The molecule has 1 aliphatic carbocycles.